The van der Waals surface area contributed by atoms with Crippen LogP contribution in [0.1, 0.15) is 17.2 Å². The number of carbonyl (C=O) groups excluding carboxylic acids is 2. The van der Waals surface area contributed by atoms with Gasteiger partial charge in [0.1, 0.15) is 5.82 Å². The van der Waals surface area contributed by atoms with Crippen LogP contribution in [0.2, 0.25) is 0 Å². The Morgan fingerprint density at radius 1 is 1.19 bits per heavy atom. The van der Waals surface area contributed by atoms with Crippen LogP contribution in [-0.4, -0.2) is 40.3 Å². The summed E-state index contributed by atoms with van der Waals surface area (Å²) in [4.78, 5) is 32.4. The summed E-state index contributed by atoms with van der Waals surface area (Å²) in [5, 5.41) is 2.74. The molecule has 0 saturated carbocycles. The number of halogens is 1. The minimum atomic E-state index is -0.787. The molecule has 26 heavy (non-hydrogen) atoms. The summed E-state index contributed by atoms with van der Waals surface area (Å²) < 4.78 is 14.3. The molecule has 7 heteroatoms. The van der Waals surface area contributed by atoms with Gasteiger partial charge < -0.3 is 10.2 Å². The van der Waals surface area contributed by atoms with Gasteiger partial charge in [-0.05, 0) is 23.8 Å². The number of likely N-dealkylation sites (N-methyl/N-ethyl adjacent to an activating group) is 1. The van der Waals surface area contributed by atoms with E-state index in [0.717, 1.165) is 5.56 Å². The number of carbonyl (C=O) groups is 2. The number of urea groups is 1. The molecule has 1 aromatic carbocycles. The molecule has 1 atom stereocenters. The number of rotatable bonds is 3. The maximum atomic E-state index is 14.3. The van der Waals surface area contributed by atoms with Crippen LogP contribution in [0.25, 0.3) is 0 Å². The van der Waals surface area contributed by atoms with Crippen LogP contribution in [0.15, 0.2) is 60.1 Å². The highest BCUT2D eigenvalue weighted by molar-refractivity contribution is 6.01. The van der Waals surface area contributed by atoms with Crippen molar-refractivity contribution >= 4 is 11.9 Å². The number of nitrogens with zero attached hydrogens (tertiary/aromatic N) is 3. The number of nitrogens with one attached hydrogen (secondary N) is 1. The second-order valence-corrected chi connectivity index (χ2v) is 6.34. The van der Waals surface area contributed by atoms with Crippen LogP contribution >= 0.6 is 0 Å². The molecule has 0 fully saturated rings. The molecule has 3 amide bonds. The largest absolute Gasteiger partial charge is 0.329 e. The smallest absolute Gasteiger partial charge is 0.322 e. The SMILES string of the molecule is CN1C(=O)NC(c2ccccc2F)C2=C1CN(Cc1ccncc1)C2=O. The summed E-state index contributed by atoms with van der Waals surface area (Å²) >= 11 is 0. The highest BCUT2D eigenvalue weighted by Gasteiger charge is 2.43. The number of aromatic nitrogens is 1. The van der Waals surface area contributed by atoms with Gasteiger partial charge >= 0.3 is 6.03 Å². The molecule has 2 aliphatic rings. The van der Waals surface area contributed by atoms with Crippen LogP contribution < -0.4 is 5.32 Å². The van der Waals surface area contributed by atoms with E-state index in [0.29, 0.717) is 29.9 Å². The van der Waals surface area contributed by atoms with Crippen molar-refractivity contribution in [1.82, 2.24) is 20.1 Å². The molecule has 0 spiro atoms. The van der Waals surface area contributed by atoms with Crippen molar-refractivity contribution in [3.8, 4) is 0 Å². The van der Waals surface area contributed by atoms with Gasteiger partial charge in [-0.1, -0.05) is 18.2 Å². The quantitative estimate of drug-likeness (QED) is 0.921. The zero-order chi connectivity index (χ0) is 18.3. The molecule has 0 radical (unpaired) electrons. The molecule has 0 aliphatic carbocycles. The fourth-order valence-electron chi connectivity index (χ4n) is 3.40. The maximum Gasteiger partial charge on any atom is 0.322 e. The average Bonchev–Trinajstić information content (AvgIpc) is 2.97. The first-order valence-electron chi connectivity index (χ1n) is 8.26. The van der Waals surface area contributed by atoms with Crippen molar-refractivity contribution in [1.29, 1.82) is 0 Å². The second kappa shape index (κ2) is 6.25. The molecule has 1 unspecified atom stereocenters. The lowest BCUT2D eigenvalue weighted by molar-refractivity contribution is -0.126. The van der Waals surface area contributed by atoms with Crippen LogP contribution in [0.5, 0.6) is 0 Å². The molecule has 1 aromatic heterocycles. The summed E-state index contributed by atoms with van der Waals surface area (Å²) in [5.74, 6) is -0.647. The van der Waals surface area contributed by atoms with Crippen molar-refractivity contribution < 1.29 is 14.0 Å². The molecule has 6 nitrogen and oxygen atoms in total. The Bertz CT molecular complexity index is 913. The van der Waals surface area contributed by atoms with E-state index in [4.69, 9.17) is 0 Å². The van der Waals surface area contributed by atoms with Crippen molar-refractivity contribution in [2.24, 2.45) is 0 Å². The Hall–Kier alpha value is -3.22. The Morgan fingerprint density at radius 2 is 1.92 bits per heavy atom. The van der Waals surface area contributed by atoms with Gasteiger partial charge in [-0.2, -0.15) is 0 Å². The zero-order valence-corrected chi connectivity index (χ0v) is 14.1. The molecular formula is C19H17FN4O2. The fourth-order valence-corrected chi connectivity index (χ4v) is 3.40. The van der Waals surface area contributed by atoms with Crippen molar-refractivity contribution in [3.63, 3.8) is 0 Å². The normalized spacial score (nSPS) is 19.7. The van der Waals surface area contributed by atoms with Crippen LogP contribution in [0.4, 0.5) is 9.18 Å². The van der Waals surface area contributed by atoms with Gasteiger partial charge in [0.2, 0.25) is 0 Å². The first-order valence-corrected chi connectivity index (χ1v) is 8.26. The van der Waals surface area contributed by atoms with Crippen LogP contribution in [-0.2, 0) is 11.3 Å². The molecule has 132 valence electrons. The lowest BCUT2D eigenvalue weighted by Crippen LogP contribution is -2.45. The standard InChI is InChI=1S/C19H17FN4O2/c1-23-15-11-24(10-12-6-8-21-9-7-12)18(25)16(15)17(22-19(23)26)13-4-2-3-5-14(13)20/h2-9,17H,10-11H2,1H3,(H,22,26). The lowest BCUT2D eigenvalue weighted by atomic mass is 9.95. The average molecular weight is 352 g/mol. The summed E-state index contributed by atoms with van der Waals surface area (Å²) in [6.45, 7) is 0.714. The van der Waals surface area contributed by atoms with Crippen molar-refractivity contribution in [2.75, 3.05) is 13.6 Å². The Balaban J connectivity index is 1.70. The number of hydrogen-bond acceptors (Lipinski definition) is 3. The summed E-state index contributed by atoms with van der Waals surface area (Å²) in [7, 11) is 1.62. The fraction of sp³-hybridized carbons (Fsp3) is 0.211. The van der Waals surface area contributed by atoms with Crippen LogP contribution in [0, 0.1) is 5.82 Å². The number of benzene rings is 1. The van der Waals surface area contributed by atoms with Gasteiger partial charge in [0.05, 0.1) is 23.9 Å². The molecular weight excluding hydrogens is 335 g/mol. The Morgan fingerprint density at radius 3 is 2.65 bits per heavy atom. The molecule has 4 rings (SSSR count). The highest BCUT2D eigenvalue weighted by atomic mass is 19.1. The van der Waals surface area contributed by atoms with E-state index in [1.54, 1.807) is 42.5 Å². The van der Waals surface area contributed by atoms with Crippen molar-refractivity contribution in [2.45, 2.75) is 12.6 Å². The summed E-state index contributed by atoms with van der Waals surface area (Å²) in [6.07, 6.45) is 3.34. The third kappa shape index (κ3) is 2.61. The molecule has 2 aliphatic heterocycles. The van der Waals surface area contributed by atoms with Gasteiger partial charge in [0, 0.05) is 31.5 Å². The number of pyridine rings is 1. The molecule has 2 aromatic rings. The third-order valence-electron chi connectivity index (χ3n) is 4.77. The Kier molecular flexibility index (Phi) is 3.91. The zero-order valence-electron chi connectivity index (χ0n) is 14.1. The maximum absolute atomic E-state index is 14.3. The predicted molar refractivity (Wildman–Crippen MR) is 92.1 cm³/mol. The Labute approximate surface area is 149 Å². The van der Waals surface area contributed by atoms with E-state index in [9.17, 15) is 14.0 Å². The number of amides is 3. The summed E-state index contributed by atoms with van der Waals surface area (Å²) in [5.41, 5.74) is 2.27. The van der Waals surface area contributed by atoms with E-state index in [1.165, 1.54) is 11.0 Å². The van der Waals surface area contributed by atoms with Gasteiger partial charge in [-0.15, -0.1) is 0 Å². The predicted octanol–water partition coefficient (Wildman–Crippen LogP) is 2.21. The first kappa shape index (κ1) is 16.3. The monoisotopic (exact) mass is 352 g/mol. The van der Waals surface area contributed by atoms with Gasteiger partial charge in [0.15, 0.2) is 0 Å². The molecule has 1 N–H and O–H groups in total. The summed E-state index contributed by atoms with van der Waals surface area (Å²) in [6, 6.07) is 8.73. The van der Waals surface area contributed by atoms with Gasteiger partial charge in [-0.3, -0.25) is 14.7 Å². The first-order chi connectivity index (χ1) is 12.6. The molecule has 3 heterocycles. The van der Waals surface area contributed by atoms with Crippen molar-refractivity contribution in [3.05, 3.63) is 77.0 Å². The van der Waals surface area contributed by atoms with E-state index in [2.05, 4.69) is 10.3 Å². The molecule has 0 bridgehead atoms. The van der Waals surface area contributed by atoms with E-state index in [-0.39, 0.29) is 11.9 Å². The topological polar surface area (TPSA) is 65.5 Å². The number of hydrogen-bond donors (Lipinski definition) is 1. The minimum Gasteiger partial charge on any atom is -0.329 e. The van der Waals surface area contributed by atoms with Crippen LogP contribution in [0.3, 0.4) is 0 Å². The third-order valence-corrected chi connectivity index (χ3v) is 4.77. The van der Waals surface area contributed by atoms with Gasteiger partial charge in [-0.25, -0.2) is 9.18 Å². The lowest BCUT2D eigenvalue weighted by Gasteiger charge is -2.31. The van der Waals surface area contributed by atoms with E-state index >= 15 is 0 Å². The molecule has 0 saturated heterocycles. The second-order valence-electron chi connectivity index (χ2n) is 6.34. The highest BCUT2D eigenvalue weighted by Crippen LogP contribution is 2.36. The van der Waals surface area contributed by atoms with Gasteiger partial charge in [0.25, 0.3) is 5.91 Å². The minimum absolute atomic E-state index is 0.197. The van der Waals surface area contributed by atoms with E-state index in [1.807, 2.05) is 12.1 Å². The van der Waals surface area contributed by atoms with E-state index < -0.39 is 11.9 Å².